The number of benzene rings is 1. The summed E-state index contributed by atoms with van der Waals surface area (Å²) in [7, 11) is 1.91. The fourth-order valence-corrected chi connectivity index (χ4v) is 2.05. The average molecular weight is 271 g/mol. The number of H-pyrrole nitrogens is 1. The molecule has 0 saturated heterocycles. The van der Waals surface area contributed by atoms with E-state index in [0.29, 0.717) is 24.2 Å². The first-order valence-electron chi connectivity index (χ1n) is 6.67. The smallest absolute Gasteiger partial charge is 0.228 e. The van der Waals surface area contributed by atoms with Crippen LogP contribution in [0.3, 0.4) is 0 Å². The Balaban J connectivity index is 1.74. The van der Waals surface area contributed by atoms with Crippen LogP contribution >= 0.6 is 0 Å². The van der Waals surface area contributed by atoms with Gasteiger partial charge in [0.2, 0.25) is 5.89 Å². The van der Waals surface area contributed by atoms with E-state index in [-0.39, 0.29) is 0 Å². The molecule has 0 aliphatic rings. The summed E-state index contributed by atoms with van der Waals surface area (Å²) in [5.74, 6) is 2.15. The summed E-state index contributed by atoms with van der Waals surface area (Å²) in [5, 5.41) is 7.14. The van der Waals surface area contributed by atoms with E-state index in [1.165, 1.54) is 0 Å². The molecule has 3 aromatic rings. The van der Waals surface area contributed by atoms with Crippen LogP contribution in [-0.2, 0) is 12.8 Å². The van der Waals surface area contributed by atoms with E-state index < -0.39 is 0 Å². The van der Waals surface area contributed by atoms with Gasteiger partial charge in [0.15, 0.2) is 5.82 Å². The van der Waals surface area contributed by atoms with E-state index in [0.717, 1.165) is 23.3 Å². The van der Waals surface area contributed by atoms with Crippen LogP contribution in [0.5, 0.6) is 0 Å². The van der Waals surface area contributed by atoms with Gasteiger partial charge in [-0.3, -0.25) is 0 Å². The Labute approximate surface area is 116 Å². The Kier molecular flexibility index (Phi) is 3.47. The molecule has 1 atom stereocenters. The number of aromatic amines is 1. The molecule has 2 N–H and O–H groups in total. The van der Waals surface area contributed by atoms with Gasteiger partial charge in [-0.05, 0) is 26.1 Å². The molecule has 1 aromatic carbocycles. The molecule has 104 valence electrons. The van der Waals surface area contributed by atoms with Crippen molar-refractivity contribution in [1.82, 2.24) is 25.4 Å². The standard InChI is InChI=1S/C14H17N5O/c1-9(15-2)7-14-18-13(19-20-14)8-12-16-10-5-3-4-6-11(10)17-12/h3-6,9,15H,7-8H2,1-2H3,(H,16,17). The maximum atomic E-state index is 5.24. The molecule has 0 amide bonds. The molecule has 0 aliphatic heterocycles. The van der Waals surface area contributed by atoms with Gasteiger partial charge in [-0.25, -0.2) is 4.98 Å². The van der Waals surface area contributed by atoms with Crippen molar-refractivity contribution < 1.29 is 4.52 Å². The van der Waals surface area contributed by atoms with Crippen molar-refractivity contribution in [2.75, 3.05) is 7.05 Å². The zero-order valence-electron chi connectivity index (χ0n) is 11.6. The molecule has 6 nitrogen and oxygen atoms in total. The lowest BCUT2D eigenvalue weighted by atomic mass is 10.2. The van der Waals surface area contributed by atoms with Crippen molar-refractivity contribution in [2.24, 2.45) is 0 Å². The van der Waals surface area contributed by atoms with Crippen LogP contribution in [0.4, 0.5) is 0 Å². The molecule has 0 bridgehead atoms. The highest BCUT2D eigenvalue weighted by Gasteiger charge is 2.11. The minimum atomic E-state index is 0.314. The third-order valence-electron chi connectivity index (χ3n) is 3.25. The van der Waals surface area contributed by atoms with Crippen LogP contribution < -0.4 is 5.32 Å². The minimum Gasteiger partial charge on any atom is -0.342 e. The normalized spacial score (nSPS) is 12.9. The molecule has 0 saturated carbocycles. The summed E-state index contributed by atoms with van der Waals surface area (Å²) in [6, 6.07) is 8.25. The van der Waals surface area contributed by atoms with Gasteiger partial charge < -0.3 is 14.8 Å². The van der Waals surface area contributed by atoms with Crippen molar-refractivity contribution in [3.63, 3.8) is 0 Å². The first kappa shape index (κ1) is 12.8. The van der Waals surface area contributed by atoms with Crippen LogP contribution in [-0.4, -0.2) is 33.2 Å². The fraction of sp³-hybridized carbons (Fsp3) is 0.357. The summed E-state index contributed by atoms with van der Waals surface area (Å²) in [5.41, 5.74) is 1.98. The summed E-state index contributed by atoms with van der Waals surface area (Å²) >= 11 is 0. The number of rotatable bonds is 5. The molecule has 0 aliphatic carbocycles. The molecule has 3 rings (SSSR count). The second-order valence-electron chi connectivity index (χ2n) is 4.88. The molecule has 6 heteroatoms. The predicted molar refractivity (Wildman–Crippen MR) is 75.4 cm³/mol. The van der Waals surface area contributed by atoms with E-state index in [1.54, 1.807) is 0 Å². The summed E-state index contributed by atoms with van der Waals surface area (Å²) in [6.07, 6.45) is 1.27. The van der Waals surface area contributed by atoms with Crippen molar-refractivity contribution in [3.05, 3.63) is 41.8 Å². The minimum absolute atomic E-state index is 0.314. The highest BCUT2D eigenvalue weighted by Crippen LogP contribution is 2.12. The second kappa shape index (κ2) is 5.42. The fourth-order valence-electron chi connectivity index (χ4n) is 2.05. The van der Waals surface area contributed by atoms with Crippen LogP contribution in [0.1, 0.15) is 24.5 Å². The summed E-state index contributed by atoms with van der Waals surface area (Å²) < 4.78 is 5.24. The Morgan fingerprint density at radius 2 is 2.15 bits per heavy atom. The van der Waals surface area contributed by atoms with Crippen LogP contribution in [0.15, 0.2) is 28.8 Å². The van der Waals surface area contributed by atoms with E-state index >= 15 is 0 Å². The van der Waals surface area contributed by atoms with Gasteiger partial charge in [-0.2, -0.15) is 4.98 Å². The number of fused-ring (bicyclic) bond motifs is 1. The lowest BCUT2D eigenvalue weighted by Gasteiger charge is -2.04. The molecule has 20 heavy (non-hydrogen) atoms. The molecular formula is C14H17N5O. The topological polar surface area (TPSA) is 79.6 Å². The number of hydrogen-bond donors (Lipinski definition) is 2. The summed E-state index contributed by atoms with van der Waals surface area (Å²) in [4.78, 5) is 12.2. The molecule has 2 aromatic heterocycles. The largest absolute Gasteiger partial charge is 0.342 e. The molecular weight excluding hydrogens is 254 g/mol. The van der Waals surface area contributed by atoms with Gasteiger partial charge in [-0.1, -0.05) is 17.3 Å². The number of aromatic nitrogens is 4. The van der Waals surface area contributed by atoms with Crippen LogP contribution in [0.2, 0.25) is 0 Å². The van der Waals surface area contributed by atoms with Crippen molar-refractivity contribution >= 4 is 11.0 Å². The zero-order valence-corrected chi connectivity index (χ0v) is 11.6. The number of likely N-dealkylation sites (N-methyl/N-ethyl adjacent to an activating group) is 1. The number of imidazole rings is 1. The molecule has 2 heterocycles. The molecule has 0 spiro atoms. The Morgan fingerprint density at radius 1 is 1.30 bits per heavy atom. The van der Waals surface area contributed by atoms with Crippen molar-refractivity contribution in [1.29, 1.82) is 0 Å². The van der Waals surface area contributed by atoms with E-state index in [4.69, 9.17) is 4.52 Å². The number of nitrogens with one attached hydrogen (secondary N) is 2. The molecule has 1 unspecified atom stereocenters. The Hall–Kier alpha value is -2.21. The van der Waals surface area contributed by atoms with Gasteiger partial charge in [0.1, 0.15) is 5.82 Å². The van der Waals surface area contributed by atoms with Crippen LogP contribution in [0, 0.1) is 0 Å². The maximum absolute atomic E-state index is 5.24. The quantitative estimate of drug-likeness (QED) is 0.738. The number of para-hydroxylation sites is 2. The monoisotopic (exact) mass is 271 g/mol. The lowest BCUT2D eigenvalue weighted by Crippen LogP contribution is -2.23. The number of nitrogens with zero attached hydrogens (tertiary/aromatic N) is 3. The highest BCUT2D eigenvalue weighted by molar-refractivity contribution is 5.74. The van der Waals surface area contributed by atoms with Gasteiger partial charge >= 0.3 is 0 Å². The van der Waals surface area contributed by atoms with Gasteiger partial charge in [0.05, 0.1) is 17.5 Å². The predicted octanol–water partition coefficient (Wildman–Crippen LogP) is 1.69. The van der Waals surface area contributed by atoms with E-state index in [1.807, 2.05) is 31.3 Å². The highest BCUT2D eigenvalue weighted by atomic mass is 16.5. The lowest BCUT2D eigenvalue weighted by molar-refractivity contribution is 0.361. The first-order valence-corrected chi connectivity index (χ1v) is 6.67. The summed E-state index contributed by atoms with van der Waals surface area (Å²) in [6.45, 7) is 2.07. The van der Waals surface area contributed by atoms with Gasteiger partial charge in [-0.15, -0.1) is 0 Å². The average Bonchev–Trinajstić information content (AvgIpc) is 3.05. The van der Waals surface area contributed by atoms with Gasteiger partial charge in [0.25, 0.3) is 0 Å². The maximum Gasteiger partial charge on any atom is 0.228 e. The third-order valence-corrected chi connectivity index (χ3v) is 3.25. The number of hydrogen-bond acceptors (Lipinski definition) is 5. The zero-order chi connectivity index (χ0) is 13.9. The first-order chi connectivity index (χ1) is 9.74. The van der Waals surface area contributed by atoms with Gasteiger partial charge in [0, 0.05) is 12.5 Å². The van der Waals surface area contributed by atoms with E-state index in [2.05, 4.69) is 32.3 Å². The van der Waals surface area contributed by atoms with Crippen molar-refractivity contribution in [3.8, 4) is 0 Å². The third kappa shape index (κ3) is 2.70. The Bertz CT molecular complexity index is 669. The Morgan fingerprint density at radius 3 is 2.95 bits per heavy atom. The van der Waals surface area contributed by atoms with E-state index in [9.17, 15) is 0 Å². The molecule has 0 radical (unpaired) electrons. The molecule has 0 fully saturated rings. The second-order valence-corrected chi connectivity index (χ2v) is 4.88. The van der Waals surface area contributed by atoms with Crippen molar-refractivity contribution in [2.45, 2.75) is 25.8 Å². The van der Waals surface area contributed by atoms with Crippen LogP contribution in [0.25, 0.3) is 11.0 Å². The SMILES string of the molecule is CNC(C)Cc1nc(Cc2nc3ccccc3[nH]2)no1.